The van der Waals surface area contributed by atoms with Crippen molar-refractivity contribution in [2.24, 2.45) is 0 Å². The van der Waals surface area contributed by atoms with Crippen LogP contribution in [0.5, 0.6) is 0 Å². The lowest BCUT2D eigenvalue weighted by Gasteiger charge is -2.02. The number of aromatic nitrogens is 3. The highest BCUT2D eigenvalue weighted by Crippen LogP contribution is 2.34. The predicted octanol–water partition coefficient (Wildman–Crippen LogP) is 3.02. The summed E-state index contributed by atoms with van der Waals surface area (Å²) >= 11 is 2.83. The summed E-state index contributed by atoms with van der Waals surface area (Å²) in [5, 5.41) is 21.8. The van der Waals surface area contributed by atoms with E-state index in [1.807, 2.05) is 0 Å². The van der Waals surface area contributed by atoms with Gasteiger partial charge in [-0.1, -0.05) is 23.1 Å². The summed E-state index contributed by atoms with van der Waals surface area (Å²) < 4.78 is 0.901. The van der Waals surface area contributed by atoms with Crippen LogP contribution in [0.4, 0.5) is 10.9 Å². The van der Waals surface area contributed by atoms with E-state index < -0.39 is 5.97 Å². The fourth-order valence-electron chi connectivity index (χ4n) is 1.82. The van der Waals surface area contributed by atoms with Gasteiger partial charge in [0.05, 0.1) is 17.0 Å². The largest absolute Gasteiger partial charge is 0.477 e. The summed E-state index contributed by atoms with van der Waals surface area (Å²) in [5.41, 5.74) is 0.768. The number of thiazole rings is 1. The van der Waals surface area contributed by atoms with Gasteiger partial charge < -0.3 is 15.5 Å². The smallest absolute Gasteiger partial charge is 0.354 e. The minimum atomic E-state index is -1.06. The Balaban J connectivity index is 1.71. The van der Waals surface area contributed by atoms with Crippen molar-refractivity contribution in [3.8, 4) is 0 Å². The molecule has 3 rings (SSSR count). The van der Waals surface area contributed by atoms with Crippen LogP contribution in [-0.4, -0.2) is 31.1 Å². The van der Waals surface area contributed by atoms with E-state index in [0.29, 0.717) is 10.9 Å². The van der Waals surface area contributed by atoms with Gasteiger partial charge in [-0.3, -0.25) is 0 Å². The molecule has 0 saturated carbocycles. The maximum atomic E-state index is 10.9. The third-order valence-electron chi connectivity index (χ3n) is 2.90. The molecule has 3 N–H and O–H groups in total. The van der Waals surface area contributed by atoms with E-state index in [2.05, 4.69) is 20.3 Å². The van der Waals surface area contributed by atoms with Crippen molar-refractivity contribution >= 4 is 40.0 Å². The maximum absolute atomic E-state index is 10.9. The van der Waals surface area contributed by atoms with Gasteiger partial charge in [0.15, 0.2) is 5.13 Å². The van der Waals surface area contributed by atoms with Gasteiger partial charge in [-0.2, -0.15) is 0 Å². The molecule has 0 aromatic carbocycles. The van der Waals surface area contributed by atoms with E-state index in [0.717, 1.165) is 14.7 Å². The normalized spacial score (nSPS) is 10.5. The van der Waals surface area contributed by atoms with Crippen molar-refractivity contribution < 1.29 is 15.0 Å². The second-order valence-corrected chi connectivity index (χ2v) is 7.01. The molecule has 9 heteroatoms. The Labute approximate surface area is 145 Å². The molecule has 3 aromatic rings. The standard InChI is InChI=1S/C15H12N4O3S2/c20-8-9-1-3-17-12(5-9)19-15-18-7-13(24-15)23-10-2-4-16-11(6-10)14(21)22/h1-7,20H,8H2,(H,21,22)(H,17,18,19). The van der Waals surface area contributed by atoms with Crippen molar-refractivity contribution in [3.05, 3.63) is 54.1 Å². The number of carboxylic acid groups (broad SMARTS) is 1. The van der Waals surface area contributed by atoms with Crippen molar-refractivity contribution in [3.63, 3.8) is 0 Å². The topological polar surface area (TPSA) is 108 Å². The summed E-state index contributed by atoms with van der Waals surface area (Å²) in [6.07, 6.45) is 4.78. The number of hydrogen-bond donors (Lipinski definition) is 3. The van der Waals surface area contributed by atoms with Gasteiger partial charge in [0.2, 0.25) is 0 Å². The van der Waals surface area contributed by atoms with Crippen LogP contribution in [0.25, 0.3) is 0 Å². The number of carboxylic acids is 1. The first kappa shape index (κ1) is 16.4. The third kappa shape index (κ3) is 4.07. The van der Waals surface area contributed by atoms with Crippen LogP contribution in [0.2, 0.25) is 0 Å². The number of aliphatic hydroxyl groups excluding tert-OH is 1. The molecule has 0 aliphatic heterocycles. The fraction of sp³-hybridized carbons (Fsp3) is 0.0667. The molecular weight excluding hydrogens is 348 g/mol. The van der Waals surface area contributed by atoms with Crippen LogP contribution >= 0.6 is 23.1 Å². The van der Waals surface area contributed by atoms with Crippen LogP contribution in [-0.2, 0) is 6.61 Å². The zero-order valence-electron chi connectivity index (χ0n) is 12.2. The SMILES string of the molecule is O=C(O)c1cc(Sc2cnc(Nc3cc(CO)ccn3)s2)ccn1. The van der Waals surface area contributed by atoms with E-state index in [9.17, 15) is 4.79 Å². The molecule has 0 unspecified atom stereocenters. The number of aromatic carboxylic acids is 1. The second-order valence-electron chi connectivity index (χ2n) is 4.60. The van der Waals surface area contributed by atoms with E-state index in [-0.39, 0.29) is 12.3 Å². The first-order chi connectivity index (χ1) is 11.6. The number of aliphatic hydroxyl groups is 1. The number of nitrogens with zero attached hydrogens (tertiary/aromatic N) is 3. The highest BCUT2D eigenvalue weighted by atomic mass is 32.2. The molecule has 0 aliphatic rings. The molecule has 3 heterocycles. The van der Waals surface area contributed by atoms with E-state index in [1.54, 1.807) is 30.6 Å². The highest BCUT2D eigenvalue weighted by molar-refractivity contribution is 8.01. The number of pyridine rings is 2. The molecule has 0 fully saturated rings. The Morgan fingerprint density at radius 3 is 2.83 bits per heavy atom. The van der Waals surface area contributed by atoms with Crippen LogP contribution in [0.1, 0.15) is 16.1 Å². The first-order valence-electron chi connectivity index (χ1n) is 6.80. The zero-order chi connectivity index (χ0) is 16.9. The Morgan fingerprint density at radius 1 is 1.21 bits per heavy atom. The minimum absolute atomic E-state index is 0.00730. The number of anilines is 2. The Morgan fingerprint density at radius 2 is 2.04 bits per heavy atom. The lowest BCUT2D eigenvalue weighted by molar-refractivity contribution is 0.0690. The second kappa shape index (κ2) is 7.39. The molecule has 24 heavy (non-hydrogen) atoms. The van der Waals surface area contributed by atoms with Gasteiger partial charge in [-0.05, 0) is 29.8 Å². The van der Waals surface area contributed by atoms with Crippen molar-refractivity contribution in [1.82, 2.24) is 15.0 Å². The molecule has 0 radical (unpaired) electrons. The molecule has 3 aromatic heterocycles. The first-order valence-corrected chi connectivity index (χ1v) is 8.43. The van der Waals surface area contributed by atoms with E-state index >= 15 is 0 Å². The Bertz CT molecular complexity index is 869. The third-order valence-corrected chi connectivity index (χ3v) is 4.90. The van der Waals surface area contributed by atoms with Gasteiger partial charge in [0.1, 0.15) is 11.5 Å². The van der Waals surface area contributed by atoms with Gasteiger partial charge in [0, 0.05) is 17.3 Å². The molecule has 0 saturated heterocycles. The summed E-state index contributed by atoms with van der Waals surface area (Å²) in [6, 6.07) is 6.75. The average Bonchev–Trinajstić information content (AvgIpc) is 3.02. The molecule has 0 spiro atoms. The Kier molecular flexibility index (Phi) is 5.04. The monoisotopic (exact) mass is 360 g/mol. The highest BCUT2D eigenvalue weighted by Gasteiger charge is 2.09. The van der Waals surface area contributed by atoms with Crippen LogP contribution in [0.3, 0.4) is 0 Å². The van der Waals surface area contributed by atoms with Gasteiger partial charge in [-0.25, -0.2) is 19.7 Å². The van der Waals surface area contributed by atoms with Crippen LogP contribution in [0.15, 0.2) is 52.0 Å². The van der Waals surface area contributed by atoms with E-state index in [1.165, 1.54) is 35.4 Å². The average molecular weight is 360 g/mol. The lowest BCUT2D eigenvalue weighted by Crippen LogP contribution is -1.98. The summed E-state index contributed by atoms with van der Waals surface area (Å²) in [5.74, 6) is -0.455. The quantitative estimate of drug-likeness (QED) is 0.615. The number of nitrogens with one attached hydrogen (secondary N) is 1. The summed E-state index contributed by atoms with van der Waals surface area (Å²) in [7, 11) is 0. The van der Waals surface area contributed by atoms with Gasteiger partial charge >= 0.3 is 5.97 Å². The molecule has 7 nitrogen and oxygen atoms in total. The predicted molar refractivity (Wildman–Crippen MR) is 90.9 cm³/mol. The fourth-order valence-corrected chi connectivity index (χ4v) is 3.71. The van der Waals surface area contributed by atoms with Crippen molar-refractivity contribution in [2.45, 2.75) is 15.7 Å². The van der Waals surface area contributed by atoms with Crippen LogP contribution < -0.4 is 5.32 Å². The maximum Gasteiger partial charge on any atom is 0.354 e. The van der Waals surface area contributed by atoms with E-state index in [4.69, 9.17) is 10.2 Å². The molecule has 0 bridgehead atoms. The molecule has 0 amide bonds. The van der Waals surface area contributed by atoms with Crippen molar-refractivity contribution in [2.75, 3.05) is 5.32 Å². The molecule has 0 atom stereocenters. The lowest BCUT2D eigenvalue weighted by atomic mass is 10.3. The van der Waals surface area contributed by atoms with Gasteiger partial charge in [-0.15, -0.1) is 0 Å². The van der Waals surface area contributed by atoms with Crippen LogP contribution in [0, 0.1) is 0 Å². The number of rotatable bonds is 6. The number of carbonyl (C=O) groups is 1. The Hall–Kier alpha value is -2.49. The molecule has 122 valence electrons. The molecular formula is C15H12N4O3S2. The molecule has 0 aliphatic carbocycles. The zero-order valence-corrected chi connectivity index (χ0v) is 13.8. The summed E-state index contributed by atoms with van der Waals surface area (Å²) in [6.45, 7) is -0.0515. The van der Waals surface area contributed by atoms with Gasteiger partial charge in [0.25, 0.3) is 0 Å². The van der Waals surface area contributed by atoms with Crippen molar-refractivity contribution in [1.29, 1.82) is 0 Å². The number of hydrogen-bond acceptors (Lipinski definition) is 8. The minimum Gasteiger partial charge on any atom is -0.477 e. The summed E-state index contributed by atoms with van der Waals surface area (Å²) in [4.78, 5) is 24.0.